The average Bonchev–Trinajstić information content (AvgIpc) is 3.16. The van der Waals surface area contributed by atoms with Gasteiger partial charge in [-0.15, -0.1) is 0 Å². The molecule has 22 heavy (non-hydrogen) atoms. The van der Waals surface area contributed by atoms with Crippen molar-refractivity contribution in [3.63, 3.8) is 0 Å². The molecular formula is C17H20N2O3. The Balaban J connectivity index is 1.76. The minimum atomic E-state index is 0.00315. The van der Waals surface area contributed by atoms with E-state index in [0.29, 0.717) is 6.42 Å². The highest BCUT2D eigenvalue weighted by Gasteiger charge is 2.32. The van der Waals surface area contributed by atoms with Crippen LogP contribution >= 0.6 is 0 Å². The predicted octanol–water partition coefficient (Wildman–Crippen LogP) is 2.90. The molecule has 1 aliphatic rings. The summed E-state index contributed by atoms with van der Waals surface area (Å²) in [6.45, 7) is 2.65. The third-order valence-corrected chi connectivity index (χ3v) is 4.08. The van der Waals surface area contributed by atoms with Crippen molar-refractivity contribution in [3.8, 4) is 5.75 Å². The van der Waals surface area contributed by atoms with E-state index in [1.807, 2.05) is 42.2 Å². The second-order valence-electron chi connectivity index (χ2n) is 5.60. The molecule has 0 unspecified atom stereocenters. The molecule has 1 atom stereocenters. The second-order valence-corrected chi connectivity index (χ2v) is 5.60. The molecule has 1 aromatic heterocycles. The predicted molar refractivity (Wildman–Crippen MR) is 81.6 cm³/mol. The minimum Gasteiger partial charge on any atom is -0.496 e. The van der Waals surface area contributed by atoms with E-state index in [1.54, 1.807) is 7.11 Å². The molecule has 0 radical (unpaired) electrons. The Labute approximate surface area is 129 Å². The Hall–Kier alpha value is -2.30. The lowest BCUT2D eigenvalue weighted by atomic mass is 10.1. The third-order valence-electron chi connectivity index (χ3n) is 4.08. The van der Waals surface area contributed by atoms with Crippen molar-refractivity contribution >= 4 is 5.91 Å². The van der Waals surface area contributed by atoms with E-state index in [-0.39, 0.29) is 11.9 Å². The Kier molecular flexibility index (Phi) is 4.13. The number of rotatable bonds is 4. The number of aryl methyl sites for hydroxylation is 1. The molecule has 0 bridgehead atoms. The number of methoxy groups -OCH3 is 1. The first kappa shape index (κ1) is 14.6. The number of aromatic nitrogens is 1. The molecule has 1 fully saturated rings. The van der Waals surface area contributed by atoms with Crippen molar-refractivity contribution in [2.75, 3.05) is 13.7 Å². The largest absolute Gasteiger partial charge is 0.496 e. The molecule has 5 heteroatoms. The van der Waals surface area contributed by atoms with Crippen molar-refractivity contribution < 1.29 is 14.1 Å². The van der Waals surface area contributed by atoms with E-state index >= 15 is 0 Å². The quantitative estimate of drug-likeness (QED) is 0.871. The van der Waals surface area contributed by atoms with Gasteiger partial charge in [0, 0.05) is 18.2 Å². The number of carbonyl (C=O) groups is 1. The molecule has 0 aliphatic carbocycles. The molecule has 0 spiro atoms. The number of nitrogens with zero attached hydrogens (tertiary/aromatic N) is 2. The van der Waals surface area contributed by atoms with Gasteiger partial charge >= 0.3 is 0 Å². The van der Waals surface area contributed by atoms with Crippen LogP contribution in [0.2, 0.25) is 0 Å². The van der Waals surface area contributed by atoms with Gasteiger partial charge in [-0.2, -0.15) is 0 Å². The Morgan fingerprint density at radius 3 is 3.00 bits per heavy atom. The smallest absolute Gasteiger partial charge is 0.227 e. The van der Waals surface area contributed by atoms with Gasteiger partial charge in [-0.1, -0.05) is 23.4 Å². The summed E-state index contributed by atoms with van der Waals surface area (Å²) < 4.78 is 10.7. The zero-order valence-corrected chi connectivity index (χ0v) is 12.9. The zero-order chi connectivity index (χ0) is 15.5. The standard InChI is InChI=1S/C17H20N2O3/c1-12-10-16(22-18-12)14-7-5-9-19(14)17(20)11-13-6-3-4-8-15(13)21-2/h3-4,6,8,10,14H,5,7,9,11H2,1-2H3/t14-/m0/s1. The van der Waals surface area contributed by atoms with Crippen LogP contribution in [0.5, 0.6) is 5.75 Å². The summed E-state index contributed by atoms with van der Waals surface area (Å²) in [6.07, 6.45) is 2.25. The van der Waals surface area contributed by atoms with Crippen LogP contribution in [0.3, 0.4) is 0 Å². The van der Waals surface area contributed by atoms with Crippen molar-refractivity contribution in [1.82, 2.24) is 10.1 Å². The summed E-state index contributed by atoms with van der Waals surface area (Å²) in [6, 6.07) is 9.56. The third kappa shape index (κ3) is 2.84. The fourth-order valence-electron chi connectivity index (χ4n) is 3.01. The highest BCUT2D eigenvalue weighted by atomic mass is 16.5. The van der Waals surface area contributed by atoms with Gasteiger partial charge in [0.05, 0.1) is 25.3 Å². The number of hydrogen-bond donors (Lipinski definition) is 0. The van der Waals surface area contributed by atoms with Gasteiger partial charge in [0.1, 0.15) is 5.75 Å². The summed E-state index contributed by atoms with van der Waals surface area (Å²) >= 11 is 0. The topological polar surface area (TPSA) is 55.6 Å². The number of ether oxygens (including phenoxy) is 1. The van der Waals surface area contributed by atoms with Crippen molar-refractivity contribution in [1.29, 1.82) is 0 Å². The molecule has 1 amide bonds. The van der Waals surface area contributed by atoms with Crippen LogP contribution in [0.4, 0.5) is 0 Å². The molecule has 5 nitrogen and oxygen atoms in total. The van der Waals surface area contributed by atoms with E-state index < -0.39 is 0 Å². The van der Waals surface area contributed by atoms with Gasteiger partial charge < -0.3 is 14.2 Å². The van der Waals surface area contributed by atoms with Crippen LogP contribution in [0.15, 0.2) is 34.9 Å². The maximum Gasteiger partial charge on any atom is 0.227 e. The summed E-state index contributed by atoms with van der Waals surface area (Å²) in [5.74, 6) is 1.63. The number of para-hydroxylation sites is 1. The van der Waals surface area contributed by atoms with Crippen LogP contribution in [0.1, 0.15) is 35.9 Å². The lowest BCUT2D eigenvalue weighted by molar-refractivity contribution is -0.131. The Morgan fingerprint density at radius 2 is 2.27 bits per heavy atom. The molecule has 1 saturated heterocycles. The van der Waals surface area contributed by atoms with Crippen LogP contribution in [0, 0.1) is 6.92 Å². The van der Waals surface area contributed by atoms with E-state index in [9.17, 15) is 4.79 Å². The van der Waals surface area contributed by atoms with Crippen molar-refractivity contribution in [3.05, 3.63) is 47.3 Å². The number of amides is 1. The molecule has 0 saturated carbocycles. The van der Waals surface area contributed by atoms with E-state index in [4.69, 9.17) is 9.26 Å². The first-order valence-corrected chi connectivity index (χ1v) is 7.53. The normalized spacial score (nSPS) is 17.7. The molecule has 1 aliphatic heterocycles. The summed E-state index contributed by atoms with van der Waals surface area (Å²) in [5, 5.41) is 3.93. The van der Waals surface area contributed by atoms with Gasteiger partial charge in [-0.25, -0.2) is 0 Å². The summed E-state index contributed by atoms with van der Waals surface area (Å²) in [7, 11) is 1.62. The highest BCUT2D eigenvalue weighted by Crippen LogP contribution is 2.33. The highest BCUT2D eigenvalue weighted by molar-refractivity contribution is 5.80. The fourth-order valence-corrected chi connectivity index (χ4v) is 3.01. The molecule has 116 valence electrons. The van der Waals surface area contributed by atoms with Gasteiger partial charge in [0.2, 0.25) is 5.91 Å². The van der Waals surface area contributed by atoms with Gasteiger partial charge in [-0.3, -0.25) is 4.79 Å². The molecule has 1 aromatic carbocycles. The average molecular weight is 300 g/mol. The summed E-state index contributed by atoms with van der Waals surface area (Å²) in [5.41, 5.74) is 1.76. The van der Waals surface area contributed by atoms with Crippen LogP contribution < -0.4 is 4.74 Å². The molecule has 0 N–H and O–H groups in total. The first-order chi connectivity index (χ1) is 10.7. The summed E-state index contributed by atoms with van der Waals surface area (Å²) in [4.78, 5) is 14.6. The number of carbonyl (C=O) groups excluding carboxylic acids is 1. The van der Waals surface area contributed by atoms with Crippen molar-refractivity contribution in [2.24, 2.45) is 0 Å². The molecule has 2 aromatic rings. The maximum absolute atomic E-state index is 12.7. The molecular weight excluding hydrogens is 280 g/mol. The molecule has 2 heterocycles. The van der Waals surface area contributed by atoms with Crippen LogP contribution in [0.25, 0.3) is 0 Å². The van der Waals surface area contributed by atoms with Crippen LogP contribution in [-0.4, -0.2) is 29.6 Å². The van der Waals surface area contributed by atoms with Gasteiger partial charge in [0.25, 0.3) is 0 Å². The van der Waals surface area contributed by atoms with Gasteiger partial charge in [-0.05, 0) is 25.8 Å². The zero-order valence-electron chi connectivity index (χ0n) is 12.9. The fraction of sp³-hybridized carbons (Fsp3) is 0.412. The number of benzene rings is 1. The second kappa shape index (κ2) is 6.22. The number of likely N-dealkylation sites (tertiary alicyclic amines) is 1. The lowest BCUT2D eigenvalue weighted by Crippen LogP contribution is -2.31. The number of hydrogen-bond acceptors (Lipinski definition) is 4. The van der Waals surface area contributed by atoms with Crippen molar-refractivity contribution in [2.45, 2.75) is 32.2 Å². The van der Waals surface area contributed by atoms with Crippen LogP contribution in [-0.2, 0) is 11.2 Å². The lowest BCUT2D eigenvalue weighted by Gasteiger charge is -2.23. The molecule has 3 rings (SSSR count). The van der Waals surface area contributed by atoms with E-state index in [2.05, 4.69) is 5.16 Å². The van der Waals surface area contributed by atoms with E-state index in [0.717, 1.165) is 42.2 Å². The SMILES string of the molecule is COc1ccccc1CC(=O)N1CCC[C@H]1c1cc(C)no1. The maximum atomic E-state index is 12.7. The Morgan fingerprint density at radius 1 is 1.45 bits per heavy atom. The Bertz CT molecular complexity index is 665. The minimum absolute atomic E-state index is 0.00315. The first-order valence-electron chi connectivity index (χ1n) is 7.53. The van der Waals surface area contributed by atoms with Gasteiger partial charge in [0.15, 0.2) is 5.76 Å². The monoisotopic (exact) mass is 300 g/mol. The van der Waals surface area contributed by atoms with E-state index in [1.165, 1.54) is 0 Å².